The van der Waals surface area contributed by atoms with Crippen LogP contribution in [0.1, 0.15) is 39.2 Å². The largest absolute Gasteiger partial charge is 0.499 e. The number of nitrogens with zero attached hydrogens (tertiary/aromatic N) is 5. The zero-order chi connectivity index (χ0) is 21.3. The van der Waals surface area contributed by atoms with Crippen LogP contribution < -0.4 is 16.0 Å². The summed E-state index contributed by atoms with van der Waals surface area (Å²) in [6, 6.07) is -0.221. The second-order valence-corrected chi connectivity index (χ2v) is 7.89. The average Bonchev–Trinajstić information content (AvgIpc) is 3.24. The highest BCUT2D eigenvalue weighted by Gasteiger charge is 2.30. The van der Waals surface area contributed by atoms with Crippen LogP contribution in [0, 0.1) is 0 Å². The van der Waals surface area contributed by atoms with Crippen molar-refractivity contribution in [3.05, 3.63) is 28.7 Å². The average molecular weight is 402 g/mol. The number of rotatable bonds is 3. The van der Waals surface area contributed by atoms with E-state index in [0.29, 0.717) is 43.0 Å². The van der Waals surface area contributed by atoms with Crippen LogP contribution in [-0.4, -0.2) is 61.2 Å². The zero-order valence-corrected chi connectivity index (χ0v) is 18.0. The third-order valence-electron chi connectivity index (χ3n) is 5.57. The molecule has 2 amide bonds. The quantitative estimate of drug-likeness (QED) is 0.780. The highest BCUT2D eigenvalue weighted by atomic mass is 16.5. The highest BCUT2D eigenvalue weighted by molar-refractivity contribution is 5.87. The number of amides is 2. The normalized spacial score (nSPS) is 18.4. The Bertz CT molecular complexity index is 1020. The van der Waals surface area contributed by atoms with Crippen LogP contribution in [0.4, 0.5) is 10.7 Å². The number of aryl methyl sites for hydroxylation is 1. The lowest BCUT2D eigenvalue weighted by atomic mass is 9.94. The summed E-state index contributed by atoms with van der Waals surface area (Å²) >= 11 is 0. The Balaban J connectivity index is 2.00. The van der Waals surface area contributed by atoms with Crippen LogP contribution in [0.15, 0.2) is 12.4 Å². The van der Waals surface area contributed by atoms with E-state index in [1.165, 1.54) is 0 Å². The summed E-state index contributed by atoms with van der Waals surface area (Å²) in [5.41, 5.74) is 1.24. The molecule has 0 aromatic carbocycles. The summed E-state index contributed by atoms with van der Waals surface area (Å²) in [5, 5.41) is 18.8. The van der Waals surface area contributed by atoms with Crippen molar-refractivity contribution in [2.75, 3.05) is 25.5 Å². The van der Waals surface area contributed by atoms with Gasteiger partial charge in [-0.1, -0.05) is 0 Å². The second-order valence-electron chi connectivity index (χ2n) is 7.89. The van der Waals surface area contributed by atoms with Crippen LogP contribution in [0.2, 0.25) is 0 Å². The number of hydrogen-bond acceptors (Lipinski definition) is 5. The number of anilines is 1. The van der Waals surface area contributed by atoms with E-state index in [-0.39, 0.29) is 6.03 Å². The third kappa shape index (κ3) is 4.29. The van der Waals surface area contributed by atoms with Gasteiger partial charge in [-0.05, 0) is 39.2 Å². The van der Waals surface area contributed by atoms with Gasteiger partial charge >= 0.3 is 6.03 Å². The Kier molecular flexibility index (Phi) is 5.70. The smallest absolute Gasteiger partial charge is 0.324 e. The molecule has 2 aromatic heterocycles. The number of aromatic nitrogens is 4. The van der Waals surface area contributed by atoms with E-state index in [1.54, 1.807) is 29.8 Å². The lowest BCUT2D eigenvalue weighted by molar-refractivity contribution is 0.00568. The van der Waals surface area contributed by atoms with E-state index >= 15 is 0 Å². The second kappa shape index (κ2) is 7.90. The molecule has 2 N–H and O–H groups in total. The molecule has 1 aliphatic rings. The molecule has 3 heterocycles. The number of hydrogen-bond donors (Lipinski definition) is 2. The molecular weight excluding hydrogens is 372 g/mol. The maximum absolute atomic E-state index is 12.8. The number of carbonyl (C=O) groups excluding carboxylic acids is 1. The summed E-state index contributed by atoms with van der Waals surface area (Å²) in [4.78, 5) is 19.1. The van der Waals surface area contributed by atoms with Crippen LogP contribution >= 0.6 is 0 Å². The minimum atomic E-state index is -0.708. The van der Waals surface area contributed by atoms with Gasteiger partial charge < -0.3 is 19.3 Å². The lowest BCUT2D eigenvalue weighted by Crippen LogP contribution is -2.46. The van der Waals surface area contributed by atoms with Crippen molar-refractivity contribution in [3.8, 4) is 0 Å². The van der Waals surface area contributed by atoms with Crippen LogP contribution in [-0.2, 0) is 18.8 Å². The molecule has 0 radical (unpaired) electrons. The van der Waals surface area contributed by atoms with Crippen molar-refractivity contribution in [3.63, 3.8) is 0 Å². The van der Waals surface area contributed by atoms with Crippen LogP contribution in [0.3, 0.4) is 0 Å². The molecule has 2 aromatic rings. The van der Waals surface area contributed by atoms with Crippen molar-refractivity contribution >= 4 is 23.3 Å². The minimum Gasteiger partial charge on any atom is -0.499 e. The molecular formula is C20H30N6O3. The van der Waals surface area contributed by atoms with Crippen LogP contribution in [0.5, 0.6) is 0 Å². The molecule has 158 valence electrons. The van der Waals surface area contributed by atoms with E-state index in [0.717, 1.165) is 16.5 Å². The van der Waals surface area contributed by atoms with Gasteiger partial charge in [-0.2, -0.15) is 5.10 Å². The number of carbonyl (C=O) groups is 1. The predicted molar refractivity (Wildman–Crippen MR) is 110 cm³/mol. The first-order valence-corrected chi connectivity index (χ1v) is 9.69. The Morgan fingerprint density at radius 1 is 1.28 bits per heavy atom. The molecule has 0 aliphatic carbocycles. The van der Waals surface area contributed by atoms with Gasteiger partial charge in [0.15, 0.2) is 0 Å². The lowest BCUT2D eigenvalue weighted by Gasteiger charge is -2.35. The number of urea groups is 1. The van der Waals surface area contributed by atoms with Gasteiger partial charge in [0.25, 0.3) is 0 Å². The van der Waals surface area contributed by atoms with Gasteiger partial charge in [0.2, 0.25) is 5.95 Å². The fourth-order valence-corrected chi connectivity index (χ4v) is 3.50. The van der Waals surface area contributed by atoms with Gasteiger partial charge in [0.05, 0.1) is 24.3 Å². The molecule has 9 nitrogen and oxygen atoms in total. The maximum atomic E-state index is 12.8. The molecule has 0 saturated carbocycles. The predicted octanol–water partition coefficient (Wildman–Crippen LogP) is 0.526. The topological polar surface area (TPSA) is 97.4 Å². The molecule has 3 rings (SSSR count). The summed E-state index contributed by atoms with van der Waals surface area (Å²) < 4.78 is 9.04. The number of piperidine rings is 1. The Hall–Kier alpha value is -2.81. The molecule has 0 bridgehead atoms. The Morgan fingerprint density at radius 3 is 2.48 bits per heavy atom. The number of methoxy groups -OCH3 is 1. The first-order chi connectivity index (χ1) is 13.6. The number of nitrogens with one attached hydrogen (secondary N) is 1. The molecule has 0 unspecified atom stereocenters. The number of aliphatic hydroxyl groups is 1. The molecule has 0 spiro atoms. The van der Waals surface area contributed by atoms with Gasteiger partial charge in [-0.25, -0.2) is 9.78 Å². The van der Waals surface area contributed by atoms with E-state index in [9.17, 15) is 9.90 Å². The van der Waals surface area contributed by atoms with Crippen molar-refractivity contribution in [2.45, 2.75) is 39.2 Å². The van der Waals surface area contributed by atoms with E-state index in [1.807, 2.05) is 38.7 Å². The van der Waals surface area contributed by atoms with Crippen molar-refractivity contribution in [1.29, 1.82) is 0 Å². The summed E-state index contributed by atoms with van der Waals surface area (Å²) in [5.74, 6) is 1.10. The molecule has 29 heavy (non-hydrogen) atoms. The van der Waals surface area contributed by atoms with Gasteiger partial charge in [0.1, 0.15) is 11.1 Å². The Labute approximate surface area is 170 Å². The molecule has 1 aliphatic heterocycles. The van der Waals surface area contributed by atoms with E-state index < -0.39 is 5.60 Å². The molecule has 1 saturated heterocycles. The molecule has 0 atom stereocenters. The summed E-state index contributed by atoms with van der Waals surface area (Å²) in [6.07, 6.45) is 4.85. The SMILES string of the molecule is CO/C(C)=c1\nc(NC(=O)N2CCC(C)(O)CC2)n(C)\c1=C(\C)c1cnn(C)c1. The first kappa shape index (κ1) is 20.9. The van der Waals surface area contributed by atoms with Gasteiger partial charge in [-0.3, -0.25) is 10.00 Å². The van der Waals surface area contributed by atoms with E-state index in [2.05, 4.69) is 15.4 Å². The molecule has 1 fully saturated rings. The Morgan fingerprint density at radius 2 is 1.93 bits per heavy atom. The fraction of sp³-hybridized carbons (Fsp3) is 0.550. The summed E-state index contributed by atoms with van der Waals surface area (Å²) in [7, 11) is 5.34. The first-order valence-electron chi connectivity index (χ1n) is 9.69. The number of imidazole rings is 1. The van der Waals surface area contributed by atoms with E-state index in [4.69, 9.17) is 4.74 Å². The van der Waals surface area contributed by atoms with Crippen molar-refractivity contribution in [2.24, 2.45) is 14.1 Å². The standard InChI is InChI=1S/C20H30N6O3/c1-13(15-11-21-24(4)12-15)17-16(14(2)29-6)22-18(25(17)5)23-19(27)26-9-7-20(3,28)8-10-26/h11-12,28H,7-10H2,1-6H3,(H,22,23,27)/b16-14-,17-13-. The summed E-state index contributed by atoms with van der Waals surface area (Å²) in [6.45, 7) is 6.67. The molecule has 9 heteroatoms. The zero-order valence-electron chi connectivity index (χ0n) is 18.0. The van der Waals surface area contributed by atoms with Crippen LogP contribution in [0.25, 0.3) is 11.3 Å². The number of likely N-dealkylation sites (tertiary alicyclic amines) is 1. The van der Waals surface area contributed by atoms with Crippen molar-refractivity contribution < 1.29 is 14.6 Å². The third-order valence-corrected chi connectivity index (χ3v) is 5.57. The maximum Gasteiger partial charge on any atom is 0.324 e. The van der Waals surface area contributed by atoms with Gasteiger partial charge in [0, 0.05) is 38.9 Å². The number of ether oxygens (including phenoxy) is 1. The minimum absolute atomic E-state index is 0.221. The highest BCUT2D eigenvalue weighted by Crippen LogP contribution is 2.21. The monoisotopic (exact) mass is 402 g/mol. The van der Waals surface area contributed by atoms with Gasteiger partial charge in [-0.15, -0.1) is 0 Å². The fourth-order valence-electron chi connectivity index (χ4n) is 3.50. The van der Waals surface area contributed by atoms with Crippen molar-refractivity contribution in [1.82, 2.24) is 24.2 Å².